The van der Waals surface area contributed by atoms with Crippen LogP contribution in [0.25, 0.3) is 22.4 Å². The van der Waals surface area contributed by atoms with Crippen LogP contribution in [-0.2, 0) is 9.53 Å². The van der Waals surface area contributed by atoms with Crippen molar-refractivity contribution in [2.45, 2.75) is 38.8 Å². The molecule has 10 heteroatoms. The van der Waals surface area contributed by atoms with E-state index in [0.717, 1.165) is 22.3 Å². The lowest BCUT2D eigenvalue weighted by atomic mass is 10.0. The van der Waals surface area contributed by atoms with Crippen molar-refractivity contribution in [1.29, 1.82) is 0 Å². The van der Waals surface area contributed by atoms with Gasteiger partial charge in [0, 0.05) is 49.0 Å². The average molecular weight is 530 g/mol. The summed E-state index contributed by atoms with van der Waals surface area (Å²) in [5.41, 5.74) is 2.90. The fourth-order valence-electron chi connectivity index (χ4n) is 4.58. The molecule has 3 aromatic rings. The van der Waals surface area contributed by atoms with E-state index >= 15 is 0 Å². The summed E-state index contributed by atoms with van der Waals surface area (Å²) in [5, 5.41) is 1.23. The number of nitrogens with one attached hydrogen (secondary N) is 1. The van der Waals surface area contributed by atoms with Crippen molar-refractivity contribution in [2.75, 3.05) is 37.6 Å². The van der Waals surface area contributed by atoms with Crippen LogP contribution >= 0.6 is 23.2 Å². The third-order valence-corrected chi connectivity index (χ3v) is 7.10. The third-order valence-electron chi connectivity index (χ3n) is 6.54. The van der Waals surface area contributed by atoms with Crippen molar-refractivity contribution in [2.24, 2.45) is 0 Å². The average Bonchev–Trinajstić information content (AvgIpc) is 3.20. The number of likely N-dealkylation sites (tertiary alicyclic amines) is 1. The quantitative estimate of drug-likeness (QED) is 0.504. The van der Waals surface area contributed by atoms with E-state index in [0.29, 0.717) is 55.0 Å². The maximum atomic E-state index is 13.1. The van der Waals surface area contributed by atoms with Crippen molar-refractivity contribution in [3.8, 4) is 11.4 Å². The number of H-pyrrole nitrogens is 1. The van der Waals surface area contributed by atoms with Gasteiger partial charge >= 0.3 is 6.09 Å². The number of aromatic amines is 1. The minimum Gasteiger partial charge on any atom is -0.444 e. The highest BCUT2D eigenvalue weighted by Gasteiger charge is 2.42. The number of carbonyl (C=O) groups is 2. The van der Waals surface area contributed by atoms with Gasteiger partial charge in [-0.3, -0.25) is 9.69 Å². The molecule has 5 rings (SSSR count). The number of benzene rings is 2. The second-order valence-electron chi connectivity index (χ2n) is 10.2. The summed E-state index contributed by atoms with van der Waals surface area (Å²) in [6, 6.07) is 11.0. The van der Waals surface area contributed by atoms with Crippen LogP contribution in [0, 0.1) is 0 Å². The van der Waals surface area contributed by atoms with E-state index in [2.05, 4.69) is 14.9 Å². The normalized spacial score (nSPS) is 18.4. The van der Waals surface area contributed by atoms with E-state index in [1.54, 1.807) is 0 Å². The zero-order valence-electron chi connectivity index (χ0n) is 20.6. The number of piperazine rings is 1. The van der Waals surface area contributed by atoms with Crippen molar-refractivity contribution < 1.29 is 14.3 Å². The summed E-state index contributed by atoms with van der Waals surface area (Å²) in [5.74, 6) is 0.671. The Kier molecular flexibility index (Phi) is 6.51. The van der Waals surface area contributed by atoms with Crippen LogP contribution < -0.4 is 4.90 Å². The molecular weight excluding hydrogens is 501 g/mol. The van der Waals surface area contributed by atoms with Gasteiger partial charge in [-0.05, 0) is 63.6 Å². The topological polar surface area (TPSA) is 81.8 Å². The van der Waals surface area contributed by atoms with Gasteiger partial charge in [-0.25, -0.2) is 9.78 Å². The van der Waals surface area contributed by atoms with Crippen molar-refractivity contribution in [3.63, 3.8) is 0 Å². The van der Waals surface area contributed by atoms with E-state index in [1.807, 2.05) is 62.1 Å². The van der Waals surface area contributed by atoms with Gasteiger partial charge in [-0.2, -0.15) is 0 Å². The molecule has 1 N–H and O–H groups in total. The highest BCUT2D eigenvalue weighted by atomic mass is 35.5. The summed E-state index contributed by atoms with van der Waals surface area (Å²) >= 11 is 12.6. The Hall–Kier alpha value is -2.97. The van der Waals surface area contributed by atoms with Gasteiger partial charge in [0.05, 0.1) is 16.1 Å². The number of imidazole rings is 1. The smallest absolute Gasteiger partial charge is 0.410 e. The van der Waals surface area contributed by atoms with Gasteiger partial charge in [0.15, 0.2) is 0 Å². The maximum absolute atomic E-state index is 13.1. The Morgan fingerprint density at radius 2 is 1.78 bits per heavy atom. The Labute approximate surface area is 220 Å². The van der Waals surface area contributed by atoms with Crippen LogP contribution in [0.15, 0.2) is 36.4 Å². The van der Waals surface area contributed by atoms with Crippen LogP contribution in [0.3, 0.4) is 0 Å². The Morgan fingerprint density at radius 3 is 2.44 bits per heavy atom. The largest absolute Gasteiger partial charge is 0.444 e. The molecule has 2 aromatic carbocycles. The molecule has 0 aliphatic carbocycles. The predicted molar refractivity (Wildman–Crippen MR) is 142 cm³/mol. The summed E-state index contributed by atoms with van der Waals surface area (Å²) in [6.45, 7) is 8.56. The second kappa shape index (κ2) is 9.48. The Morgan fingerprint density at radius 1 is 1.03 bits per heavy atom. The number of ether oxygens (including phenoxy) is 1. The van der Waals surface area contributed by atoms with Gasteiger partial charge in [-0.1, -0.05) is 23.2 Å². The lowest BCUT2D eigenvalue weighted by molar-refractivity contribution is -0.141. The Bertz CT molecular complexity index is 1310. The first kappa shape index (κ1) is 24.7. The van der Waals surface area contributed by atoms with Crippen molar-refractivity contribution in [3.05, 3.63) is 46.4 Å². The zero-order valence-corrected chi connectivity index (χ0v) is 22.1. The lowest BCUT2D eigenvalue weighted by Gasteiger charge is -2.44. The number of hydrogen-bond donors (Lipinski definition) is 1. The molecule has 36 heavy (non-hydrogen) atoms. The number of amides is 2. The summed E-state index contributed by atoms with van der Waals surface area (Å²) in [7, 11) is 0. The molecule has 0 spiro atoms. The van der Waals surface area contributed by atoms with E-state index in [4.69, 9.17) is 27.9 Å². The molecular formula is C26H29Cl2N5O3. The molecule has 8 nitrogen and oxygen atoms in total. The van der Waals surface area contributed by atoms with Gasteiger partial charge in [0.25, 0.3) is 0 Å². The van der Waals surface area contributed by atoms with E-state index in [1.165, 1.54) is 4.90 Å². The molecule has 1 atom stereocenters. The molecule has 0 unspecified atom stereocenters. The molecule has 0 saturated carbocycles. The Balaban J connectivity index is 1.25. The van der Waals surface area contributed by atoms with Crippen LogP contribution in [0.4, 0.5) is 10.5 Å². The first-order valence-corrected chi connectivity index (χ1v) is 12.8. The fraction of sp³-hybridized carbons (Fsp3) is 0.423. The number of aromatic nitrogens is 2. The number of carbonyl (C=O) groups excluding carboxylic acids is 2. The number of fused-ring (bicyclic) bond motifs is 1. The third kappa shape index (κ3) is 4.97. The molecule has 190 valence electrons. The minimum atomic E-state index is -0.585. The molecule has 2 fully saturated rings. The SMILES string of the molecule is CC(C)(C)OC(=O)N1CC[C@H]1C(=O)N1CCN(c2ccc(Cl)c(-c3nc4cc(Cl)ccc4[nH]3)c2)CC1. The number of halogens is 2. The van der Waals surface area contributed by atoms with Crippen LogP contribution in [0.5, 0.6) is 0 Å². The van der Waals surface area contributed by atoms with Gasteiger partial charge in [0.2, 0.25) is 5.91 Å². The van der Waals surface area contributed by atoms with Crippen molar-refractivity contribution in [1.82, 2.24) is 19.8 Å². The van der Waals surface area contributed by atoms with E-state index in [9.17, 15) is 9.59 Å². The molecule has 0 radical (unpaired) electrons. The number of rotatable bonds is 3. The summed E-state index contributed by atoms with van der Waals surface area (Å²) in [4.78, 5) is 39.1. The minimum absolute atomic E-state index is 0.00973. The summed E-state index contributed by atoms with van der Waals surface area (Å²) in [6.07, 6.45) is 0.244. The molecule has 1 aromatic heterocycles. The number of hydrogen-bond acceptors (Lipinski definition) is 5. The molecule has 2 aliphatic heterocycles. The molecule has 2 saturated heterocycles. The van der Waals surface area contributed by atoms with Crippen LogP contribution in [0.2, 0.25) is 10.0 Å². The predicted octanol–water partition coefficient (Wildman–Crippen LogP) is 5.19. The van der Waals surface area contributed by atoms with Crippen molar-refractivity contribution >= 4 is 51.9 Å². The van der Waals surface area contributed by atoms with E-state index in [-0.39, 0.29) is 5.91 Å². The highest BCUT2D eigenvalue weighted by molar-refractivity contribution is 6.33. The standard InChI is InChI=1S/C26H29Cl2N5O3/c1-26(2,3)36-25(35)33-9-8-22(33)24(34)32-12-10-31(11-13-32)17-5-6-19(28)18(15-17)23-29-20-7-4-16(27)14-21(20)30-23/h4-7,14-15,22H,8-13H2,1-3H3,(H,29,30)/t22-/m0/s1. The van der Waals surface area contributed by atoms with Crippen LogP contribution in [-0.4, -0.2) is 76.1 Å². The second-order valence-corrected chi connectivity index (χ2v) is 11.0. The van der Waals surface area contributed by atoms with Gasteiger partial charge < -0.3 is 19.5 Å². The van der Waals surface area contributed by atoms with Gasteiger partial charge in [0.1, 0.15) is 17.5 Å². The summed E-state index contributed by atoms with van der Waals surface area (Å²) < 4.78 is 5.45. The van der Waals surface area contributed by atoms with E-state index < -0.39 is 17.7 Å². The first-order chi connectivity index (χ1) is 17.1. The highest BCUT2D eigenvalue weighted by Crippen LogP contribution is 2.33. The van der Waals surface area contributed by atoms with Gasteiger partial charge in [-0.15, -0.1) is 0 Å². The number of nitrogens with zero attached hydrogens (tertiary/aromatic N) is 4. The molecule has 0 bridgehead atoms. The lowest BCUT2D eigenvalue weighted by Crippen LogP contribution is -2.62. The monoisotopic (exact) mass is 529 g/mol. The fourth-order valence-corrected chi connectivity index (χ4v) is 4.95. The molecule has 2 amide bonds. The van der Waals surface area contributed by atoms with Crippen LogP contribution in [0.1, 0.15) is 27.2 Å². The molecule has 3 heterocycles. The molecule has 2 aliphatic rings. The zero-order chi connectivity index (χ0) is 25.6. The number of anilines is 1. The maximum Gasteiger partial charge on any atom is 0.410 e. The first-order valence-electron chi connectivity index (χ1n) is 12.1.